The van der Waals surface area contributed by atoms with Crippen molar-refractivity contribution in [2.75, 3.05) is 54.4 Å². The SMILES string of the molecule is CC(C)(C)[Si](NC(N)=O)(NC(N)=O)C(C)(C)C.CC(C)N(C(C)C)[Si](C(C)C)(C(C)C)N(C(C)C)C(C)C.CC[Si](Cl)(Cl)CC.CC[Si](O)(O)CC.CN(C)[Si](C)(C)N(C)C.C[Si](C)(Cl)Cl.C[Si](C)(N1CCCC1)N1CCCC1.C[Si](C)(NC(N)=O)NC(N)=O.C[Si](C)(O)O.ClC(Cl)[SiH2]c1ccccc1.Cl[Si](Cl)(c1ccccc1)c1ccccc1.O[Si](O)(c1ccccc1)c1ccccc1. The fourth-order valence-corrected chi connectivity index (χ4v) is 40.0. The van der Waals surface area contributed by atoms with Crippen LogP contribution in [-0.4, -0.2) is 261 Å². The number of rotatable bonds is 26. The van der Waals surface area contributed by atoms with Crippen LogP contribution in [0.3, 0.4) is 0 Å². The lowest BCUT2D eigenvalue weighted by Crippen LogP contribution is -2.76. The maximum atomic E-state index is 11.2. The Morgan fingerprint density at radius 1 is 0.407 bits per heavy atom. The fourth-order valence-electron chi connectivity index (χ4n) is 15.2. The number of hydrogen-bond donors (Lipinski definition) is 14. The number of alkyl halides is 2. The molecule has 0 aromatic heterocycles. The predicted molar refractivity (Wildman–Crippen MR) is 620 cm³/mol. The fraction of sp³-hybridized carbons (Fsp3) is 0.626. The van der Waals surface area contributed by atoms with Crippen molar-refractivity contribution in [3.05, 3.63) is 152 Å². The maximum Gasteiger partial charge on any atom is 0.401 e. The number of carbonyl (C=O) groups excluding carboxylic acids is 4. The summed E-state index contributed by atoms with van der Waals surface area (Å²) in [5.74, 6) is 0. The number of urea groups is 4. The van der Waals surface area contributed by atoms with Crippen LogP contribution in [0.1, 0.15) is 178 Å². The predicted octanol–water partition coefficient (Wildman–Crippen LogP) is 18.0. The molecule has 44 heteroatoms. The number of amides is 8. The van der Waals surface area contributed by atoms with Gasteiger partial charge in [0, 0.05) is 0 Å². The van der Waals surface area contributed by atoms with Crippen LogP contribution in [0.15, 0.2) is 152 Å². The third kappa shape index (κ3) is 59.0. The number of hydrogen-bond acceptors (Lipinski definition) is 16. The van der Waals surface area contributed by atoms with Gasteiger partial charge in [-0.1, -0.05) is 309 Å². The van der Waals surface area contributed by atoms with Crippen molar-refractivity contribution in [3.63, 3.8) is 0 Å². The highest BCUT2D eigenvalue weighted by Gasteiger charge is 2.57. The molecule has 8 amide bonds. The van der Waals surface area contributed by atoms with E-state index in [1.165, 1.54) is 70.1 Å². The van der Waals surface area contributed by atoms with E-state index in [1.807, 2.05) is 184 Å². The molecule has 135 heavy (non-hydrogen) atoms. The summed E-state index contributed by atoms with van der Waals surface area (Å²) in [4.78, 5) is 108. The lowest BCUT2D eigenvalue weighted by molar-refractivity contribution is 0.190. The Morgan fingerprint density at radius 3 is 0.800 bits per heavy atom. The Hall–Kier alpha value is -2.38. The standard InChI is InChI=1S/C18H42N2Si.C12H10Cl2Si.C12H12O2Si.C10H24N4O2Si.C10H22N2Si.C7H8Cl2Si.C6H18N2Si.C4H10Cl2Si.C4H12N4O2Si.C4H12O2Si.C2H6Cl2Si.C2H8O2Si/c1-13(2)19(14(3)4)21(17(9)10,18(11)12)20(15(5)6)16(7)8;2*13-15(14,11-7-3-1-4-8-11)12-9-5-2-6-10-12;1-9(2,3)17(10(4,5)6,13-7(11)15)14-8(12)16;1-13(2,11-7-3-4-8-11)12-9-5-6-10-12;8-7(9)10-6-4-2-1-3-5-6;1-7(2)9(5,6)8(3)4;1-3-7(5,6)4-2;1-11(2,7-3(5)9)8-4(6)10;1-3-7(5,6)4-2;2*1-5(2,3)4/h13-18H,1-12H3;1-10H;1-10,13-14H;1-6H3,(H3,11,13,15)(H3,12,14,16);3-10H2,1-2H3;1-5,7H,10H2;1-6H3;3-4H2,1-2H3;1-2H3,(H3,5,7,9)(H3,6,8,10);5-6H,3-4H2,1-2H3;1-2H3;3-4H,1-2H3. The van der Waals surface area contributed by atoms with Crippen LogP contribution in [0, 0.1) is 0 Å². The van der Waals surface area contributed by atoms with Crippen LogP contribution in [-0.2, 0) is 0 Å². The van der Waals surface area contributed by atoms with Crippen LogP contribution < -0.4 is 68.8 Å². The number of primary amides is 4. The summed E-state index contributed by atoms with van der Waals surface area (Å²) < 4.78 is 15.9. The second-order valence-corrected chi connectivity index (χ2v) is 99.3. The van der Waals surface area contributed by atoms with Gasteiger partial charge in [-0.3, -0.25) is 0 Å². The molecule has 0 saturated carbocycles. The number of nitrogens with two attached hydrogens (primary N) is 4. The highest BCUT2D eigenvalue weighted by molar-refractivity contribution is 7.56. The molecule has 782 valence electrons. The first-order valence-electron chi connectivity index (χ1n) is 46.9. The maximum absolute atomic E-state index is 11.2. The molecule has 0 unspecified atom stereocenters. The van der Waals surface area contributed by atoms with Gasteiger partial charge in [0.15, 0.2) is 16.8 Å². The summed E-state index contributed by atoms with van der Waals surface area (Å²) in [6, 6.07) is 50.7. The van der Waals surface area contributed by atoms with Crippen LogP contribution in [0.25, 0.3) is 0 Å². The van der Waals surface area contributed by atoms with E-state index in [9.17, 15) is 28.8 Å². The Kier molecular flexibility index (Phi) is 69.6. The van der Waals surface area contributed by atoms with Gasteiger partial charge in [0.05, 0.1) is 14.0 Å². The van der Waals surface area contributed by atoms with Gasteiger partial charge in [0.25, 0.3) is 23.5 Å². The molecule has 0 radical (unpaired) electrons. The molecule has 2 aliphatic rings. The number of carbonyl (C=O) groups is 4. The van der Waals surface area contributed by atoms with E-state index in [1.54, 1.807) is 51.2 Å². The molecule has 24 nitrogen and oxygen atoms in total. The first-order chi connectivity index (χ1) is 61.1. The van der Waals surface area contributed by atoms with Crippen LogP contribution in [0.2, 0.25) is 111 Å². The number of benzene rings is 5. The monoisotopic (exact) mass is 2250 g/mol. The van der Waals surface area contributed by atoms with Gasteiger partial charge >= 0.3 is 56.5 Å². The van der Waals surface area contributed by atoms with Gasteiger partial charge in [-0.25, -0.2) is 19.2 Å². The number of nitrogens with one attached hydrogen (secondary N) is 4. The minimum absolute atomic E-state index is 0.151. The molecule has 18 N–H and O–H groups in total. The average molecular weight is 2260 g/mol. The minimum atomic E-state index is -3.46. The number of nitrogens with zero attached hydrogens (tertiary/aromatic N) is 6. The molecular formula is C91H184Cl8N14O10Si12. The molecule has 2 aliphatic heterocycles. The van der Waals surface area contributed by atoms with Crippen molar-refractivity contribution < 1.29 is 48.0 Å². The topological polar surface area (TPSA) is 361 Å². The lowest BCUT2D eigenvalue weighted by Gasteiger charge is -2.60. The molecule has 2 heterocycles. The summed E-state index contributed by atoms with van der Waals surface area (Å²) in [6.45, 7) is 67.6. The van der Waals surface area contributed by atoms with E-state index in [0.29, 0.717) is 57.7 Å². The quantitative estimate of drug-likeness (QED) is 0.0139. The van der Waals surface area contributed by atoms with Crippen molar-refractivity contribution in [3.8, 4) is 0 Å². The second-order valence-electron chi connectivity index (χ2n) is 40.1. The normalized spacial score (nSPS) is 13.7. The van der Waals surface area contributed by atoms with Crippen molar-refractivity contribution >= 4 is 237 Å². The first-order valence-corrected chi connectivity index (χ1v) is 82.7. The van der Waals surface area contributed by atoms with E-state index in [2.05, 4.69) is 197 Å². The zero-order chi connectivity index (χ0) is 107. The zero-order valence-corrected chi connectivity index (χ0v) is 107. The van der Waals surface area contributed by atoms with Gasteiger partial charge in [-0.05, 0) is 236 Å². The van der Waals surface area contributed by atoms with Crippen LogP contribution >= 0.6 is 89.7 Å². The lowest BCUT2D eigenvalue weighted by atomic mass is 10.2. The summed E-state index contributed by atoms with van der Waals surface area (Å²) in [5, 5.41) is 3.94. The smallest absolute Gasteiger partial charge is 0.401 e. The summed E-state index contributed by atoms with van der Waals surface area (Å²) in [7, 11) is -9.79. The van der Waals surface area contributed by atoms with E-state index in [4.69, 9.17) is 132 Å². The van der Waals surface area contributed by atoms with Crippen molar-refractivity contribution in [1.29, 1.82) is 0 Å². The molecule has 0 spiro atoms. The summed E-state index contributed by atoms with van der Waals surface area (Å²) in [6.07, 6.45) is 5.74. The molecule has 0 atom stereocenters. The highest BCUT2D eigenvalue weighted by atomic mass is 35.7. The van der Waals surface area contributed by atoms with Gasteiger partial charge in [-0.15, -0.1) is 89.7 Å². The Balaban J connectivity index is -0.000000464. The summed E-state index contributed by atoms with van der Waals surface area (Å²) in [5.41, 5.74) is 21.6. The van der Waals surface area contributed by atoms with E-state index in [0.717, 1.165) is 22.5 Å². The summed E-state index contributed by atoms with van der Waals surface area (Å²) >= 11 is 46.7. The van der Waals surface area contributed by atoms with Crippen LogP contribution in [0.4, 0.5) is 19.2 Å². The molecule has 0 aliphatic carbocycles. The first kappa shape index (κ1) is 141. The van der Waals surface area contributed by atoms with Gasteiger partial charge in [-0.2, -0.15) is 0 Å². The molecule has 7 rings (SSSR count). The van der Waals surface area contributed by atoms with Crippen molar-refractivity contribution in [2.45, 2.75) is 317 Å². The second kappa shape index (κ2) is 66.6. The van der Waals surface area contributed by atoms with E-state index >= 15 is 0 Å². The Morgan fingerprint density at radius 2 is 0.637 bits per heavy atom. The molecule has 5 aromatic carbocycles. The van der Waals surface area contributed by atoms with Gasteiger partial charge in [0.2, 0.25) is 15.1 Å². The molecule has 0 bridgehead atoms. The van der Waals surface area contributed by atoms with Crippen molar-refractivity contribution in [2.24, 2.45) is 22.9 Å². The van der Waals surface area contributed by atoms with Gasteiger partial charge < -0.3 is 99.0 Å². The zero-order valence-electron chi connectivity index (χ0n) is 89.0. The third-order valence-electron chi connectivity index (χ3n) is 22.5. The molecule has 2 fully saturated rings. The van der Waals surface area contributed by atoms with E-state index in [-0.39, 0.29) is 14.5 Å². The average Bonchev–Trinajstić information content (AvgIpc) is 1.06. The van der Waals surface area contributed by atoms with Crippen LogP contribution in [0.5, 0.6) is 0 Å². The number of halogens is 8. The molecule has 5 aromatic rings. The van der Waals surface area contributed by atoms with E-state index < -0.39 is 121 Å². The Bertz CT molecular complexity index is 3620. The largest absolute Gasteiger partial charge is 0.411 e. The van der Waals surface area contributed by atoms with Gasteiger partial charge in [0.1, 0.15) is 0 Å². The van der Waals surface area contributed by atoms with Crippen molar-refractivity contribution in [1.82, 2.24) is 47.3 Å². The minimum Gasteiger partial charge on any atom is -0.411 e. The molecular weight excluding hydrogens is 2070 g/mol. The Labute approximate surface area is 870 Å². The molecule has 2 saturated heterocycles. The third-order valence-corrected chi connectivity index (χ3v) is 62.2. The highest BCUT2D eigenvalue weighted by Crippen LogP contribution is 2.48.